The van der Waals surface area contributed by atoms with E-state index in [4.69, 9.17) is 9.47 Å². The second-order valence-electron chi connectivity index (χ2n) is 6.20. The van der Waals surface area contributed by atoms with E-state index in [1.165, 1.54) is 0 Å². The van der Waals surface area contributed by atoms with Gasteiger partial charge in [-0.2, -0.15) is 0 Å². The molecule has 1 aromatic carbocycles. The Bertz CT molecular complexity index is 519. The average Bonchev–Trinajstić information content (AvgIpc) is 2.88. The number of carbonyl (C=O) groups is 1. The summed E-state index contributed by atoms with van der Waals surface area (Å²) in [6.07, 6.45) is 1.73. The Hall–Kier alpha value is -1.35. The van der Waals surface area contributed by atoms with Crippen molar-refractivity contribution in [3.63, 3.8) is 0 Å². The van der Waals surface area contributed by atoms with Gasteiger partial charge >= 0.3 is 0 Å². The van der Waals surface area contributed by atoms with Crippen molar-refractivity contribution in [1.29, 1.82) is 0 Å². The van der Waals surface area contributed by atoms with Crippen LogP contribution < -0.4 is 4.74 Å². The van der Waals surface area contributed by atoms with Crippen LogP contribution in [-0.4, -0.2) is 24.1 Å². The fourth-order valence-electron chi connectivity index (χ4n) is 3.05. The van der Waals surface area contributed by atoms with Crippen LogP contribution in [-0.2, 0) is 11.2 Å². The lowest BCUT2D eigenvalue weighted by molar-refractivity contribution is 0.0764. The minimum Gasteiger partial charge on any atom is -0.487 e. The summed E-state index contributed by atoms with van der Waals surface area (Å²) in [5.74, 6) is 1.13. The average molecular weight is 260 g/mol. The van der Waals surface area contributed by atoms with Gasteiger partial charge in [0.15, 0.2) is 5.78 Å². The van der Waals surface area contributed by atoms with Gasteiger partial charge in [0, 0.05) is 18.6 Å². The third-order valence-corrected chi connectivity index (χ3v) is 4.06. The zero-order valence-corrected chi connectivity index (χ0v) is 11.7. The largest absolute Gasteiger partial charge is 0.487 e. The number of benzene rings is 1. The fourth-order valence-corrected chi connectivity index (χ4v) is 3.05. The van der Waals surface area contributed by atoms with E-state index in [-0.39, 0.29) is 23.4 Å². The van der Waals surface area contributed by atoms with Crippen molar-refractivity contribution in [2.75, 3.05) is 6.61 Å². The maximum atomic E-state index is 12.5. The molecule has 0 N–H and O–H groups in total. The number of carbonyl (C=O) groups excluding carboxylic acids is 1. The summed E-state index contributed by atoms with van der Waals surface area (Å²) < 4.78 is 11.3. The van der Waals surface area contributed by atoms with Crippen LogP contribution in [0.15, 0.2) is 18.2 Å². The van der Waals surface area contributed by atoms with Gasteiger partial charge < -0.3 is 9.47 Å². The predicted molar refractivity (Wildman–Crippen MR) is 72.7 cm³/mol. The van der Waals surface area contributed by atoms with Crippen molar-refractivity contribution in [3.8, 4) is 5.75 Å². The highest BCUT2D eigenvalue weighted by molar-refractivity contribution is 5.98. The van der Waals surface area contributed by atoms with Crippen LogP contribution in [0.4, 0.5) is 0 Å². The maximum Gasteiger partial charge on any atom is 0.168 e. The molecule has 3 rings (SSSR count). The molecule has 2 aliphatic rings. The van der Waals surface area contributed by atoms with Crippen molar-refractivity contribution in [2.45, 2.75) is 45.3 Å². The Labute approximate surface area is 113 Å². The number of hydrogen-bond donors (Lipinski definition) is 0. The summed E-state index contributed by atoms with van der Waals surface area (Å²) >= 11 is 0. The van der Waals surface area contributed by atoms with Gasteiger partial charge in [0.25, 0.3) is 0 Å². The summed E-state index contributed by atoms with van der Waals surface area (Å²) in [5.41, 5.74) is 1.78. The third-order valence-electron chi connectivity index (χ3n) is 4.06. The van der Waals surface area contributed by atoms with Gasteiger partial charge in [-0.05, 0) is 51.0 Å². The molecule has 0 aromatic heterocycles. The van der Waals surface area contributed by atoms with E-state index < -0.39 is 0 Å². The van der Waals surface area contributed by atoms with Crippen LogP contribution in [0.5, 0.6) is 5.75 Å². The van der Waals surface area contributed by atoms with Gasteiger partial charge in [-0.15, -0.1) is 0 Å². The first kappa shape index (κ1) is 12.7. The highest BCUT2D eigenvalue weighted by Crippen LogP contribution is 2.36. The van der Waals surface area contributed by atoms with Crippen molar-refractivity contribution >= 4 is 5.78 Å². The lowest BCUT2D eigenvalue weighted by Gasteiger charge is -2.16. The number of ether oxygens (including phenoxy) is 2. The molecule has 0 saturated carbocycles. The Kier molecular flexibility index (Phi) is 2.90. The van der Waals surface area contributed by atoms with E-state index in [0.29, 0.717) is 6.61 Å². The molecule has 0 radical (unpaired) electrons. The summed E-state index contributed by atoms with van der Waals surface area (Å²) in [4.78, 5) is 12.5. The summed E-state index contributed by atoms with van der Waals surface area (Å²) in [6.45, 7) is 6.82. The molecule has 2 heterocycles. The van der Waals surface area contributed by atoms with Crippen LogP contribution in [0.3, 0.4) is 0 Å². The summed E-state index contributed by atoms with van der Waals surface area (Å²) in [7, 11) is 0. The molecular weight excluding hydrogens is 240 g/mol. The highest BCUT2D eigenvalue weighted by atomic mass is 16.5. The second-order valence-corrected chi connectivity index (χ2v) is 6.20. The number of ketones is 1. The Morgan fingerprint density at radius 2 is 2.16 bits per heavy atom. The van der Waals surface area contributed by atoms with Crippen LogP contribution in [0.25, 0.3) is 0 Å². The quantitative estimate of drug-likeness (QED) is 0.767. The minimum absolute atomic E-state index is 0.00776. The maximum absolute atomic E-state index is 12.5. The zero-order valence-electron chi connectivity index (χ0n) is 11.7. The second kappa shape index (κ2) is 4.34. The van der Waals surface area contributed by atoms with Gasteiger partial charge in [-0.25, -0.2) is 0 Å². The van der Waals surface area contributed by atoms with E-state index in [9.17, 15) is 4.79 Å². The molecule has 0 bridgehead atoms. The van der Waals surface area contributed by atoms with E-state index in [1.54, 1.807) is 0 Å². The first-order valence-corrected chi connectivity index (χ1v) is 6.94. The standard InChI is InChI=1S/C16H20O3/c1-10-13(6-7-18-10)15(17)11-4-5-14-12(8-11)9-16(2,3)19-14/h4-5,8,10,13H,6-7,9H2,1-3H3. The van der Waals surface area contributed by atoms with Crippen molar-refractivity contribution in [1.82, 2.24) is 0 Å². The van der Waals surface area contributed by atoms with Gasteiger partial charge in [0.2, 0.25) is 0 Å². The van der Waals surface area contributed by atoms with Crippen LogP contribution in [0.2, 0.25) is 0 Å². The molecule has 2 atom stereocenters. The molecule has 1 fully saturated rings. The summed E-state index contributed by atoms with van der Waals surface area (Å²) in [5, 5.41) is 0. The van der Waals surface area contributed by atoms with Crippen molar-refractivity contribution in [3.05, 3.63) is 29.3 Å². The molecule has 0 aliphatic carbocycles. The molecule has 1 aromatic rings. The molecule has 19 heavy (non-hydrogen) atoms. The number of hydrogen-bond acceptors (Lipinski definition) is 3. The molecular formula is C16H20O3. The molecule has 0 spiro atoms. The first-order chi connectivity index (χ1) is 8.96. The zero-order chi connectivity index (χ0) is 13.6. The molecule has 3 heteroatoms. The van der Waals surface area contributed by atoms with Crippen LogP contribution in [0.1, 0.15) is 43.1 Å². The Morgan fingerprint density at radius 3 is 2.84 bits per heavy atom. The van der Waals surface area contributed by atoms with Gasteiger partial charge in [0.05, 0.1) is 12.0 Å². The molecule has 102 valence electrons. The normalized spacial score (nSPS) is 27.9. The van der Waals surface area contributed by atoms with Gasteiger partial charge in [-0.1, -0.05) is 0 Å². The minimum atomic E-state index is -0.159. The van der Waals surface area contributed by atoms with Gasteiger partial charge in [-0.3, -0.25) is 4.79 Å². The lowest BCUT2D eigenvalue weighted by atomic mass is 9.91. The predicted octanol–water partition coefficient (Wildman–Crippen LogP) is 3.01. The molecule has 3 nitrogen and oxygen atoms in total. The Morgan fingerprint density at radius 1 is 1.37 bits per heavy atom. The first-order valence-electron chi connectivity index (χ1n) is 6.94. The van der Waals surface area contributed by atoms with Crippen LogP contribution in [0, 0.1) is 5.92 Å². The smallest absolute Gasteiger partial charge is 0.168 e. The van der Waals surface area contributed by atoms with E-state index in [2.05, 4.69) is 13.8 Å². The van der Waals surface area contributed by atoms with Crippen molar-refractivity contribution < 1.29 is 14.3 Å². The molecule has 0 amide bonds. The lowest BCUT2D eigenvalue weighted by Crippen LogP contribution is -2.24. The third kappa shape index (κ3) is 2.27. The number of fused-ring (bicyclic) bond motifs is 1. The molecule has 2 aliphatic heterocycles. The summed E-state index contributed by atoms with van der Waals surface area (Å²) in [6, 6.07) is 5.81. The number of Topliss-reactive ketones (excluding diaryl/α,β-unsaturated/α-hetero) is 1. The van der Waals surface area contributed by atoms with E-state index in [0.717, 1.165) is 29.7 Å². The molecule has 1 saturated heterocycles. The monoisotopic (exact) mass is 260 g/mol. The van der Waals surface area contributed by atoms with E-state index in [1.807, 2.05) is 25.1 Å². The molecule has 2 unspecified atom stereocenters. The van der Waals surface area contributed by atoms with Crippen LogP contribution >= 0.6 is 0 Å². The Balaban J connectivity index is 1.86. The van der Waals surface area contributed by atoms with Crippen molar-refractivity contribution in [2.24, 2.45) is 5.92 Å². The highest BCUT2D eigenvalue weighted by Gasteiger charge is 2.34. The topological polar surface area (TPSA) is 35.5 Å². The van der Waals surface area contributed by atoms with E-state index >= 15 is 0 Å². The fraction of sp³-hybridized carbons (Fsp3) is 0.562. The SMILES string of the molecule is CC1OCCC1C(=O)c1ccc2c(c1)CC(C)(C)O2. The van der Waals surface area contributed by atoms with Gasteiger partial charge in [0.1, 0.15) is 11.4 Å². The number of rotatable bonds is 2.